The molecule has 1 atom stereocenters. The first-order valence-corrected chi connectivity index (χ1v) is 4.58. The van der Waals surface area contributed by atoms with Crippen molar-refractivity contribution in [1.82, 2.24) is 0 Å². The monoisotopic (exact) mass is 185 g/mol. The Bertz CT molecular complexity index is 258. The molecule has 1 N–H and O–H groups in total. The minimum absolute atomic E-state index is 0.0234. The van der Waals surface area contributed by atoms with Gasteiger partial charge < -0.3 is 5.11 Å². The summed E-state index contributed by atoms with van der Waals surface area (Å²) in [5, 5.41) is 9.62. The Hall–Kier alpha value is -0.610. The second-order valence-electron chi connectivity index (χ2n) is 2.60. The first-order chi connectivity index (χ1) is 5.69. The molecule has 0 aromatic heterocycles. The van der Waals surface area contributed by atoms with Crippen molar-refractivity contribution in [2.45, 2.75) is 19.1 Å². The quantitative estimate of drug-likeness (QED) is 0.652. The fourth-order valence-electron chi connectivity index (χ4n) is 1.11. The van der Waals surface area contributed by atoms with Crippen LogP contribution in [0.1, 0.15) is 13.8 Å². The van der Waals surface area contributed by atoms with Gasteiger partial charge in [0.1, 0.15) is 5.04 Å². The van der Waals surface area contributed by atoms with Crippen molar-refractivity contribution in [2.75, 3.05) is 6.61 Å². The molecule has 0 amide bonds. The standard InChI is InChI=1S/C8H11NO2S/c1-5-7(3-10)6(2)12-8(4-11)9-5/h4,6,10H,3H2,1-2H3. The Balaban J connectivity index is 2.96. The molecule has 0 radical (unpaired) electrons. The summed E-state index contributed by atoms with van der Waals surface area (Å²) in [5.41, 5.74) is 1.68. The molecule has 0 bridgehead atoms. The molecule has 12 heavy (non-hydrogen) atoms. The highest BCUT2D eigenvalue weighted by Gasteiger charge is 2.19. The van der Waals surface area contributed by atoms with Crippen LogP contribution in [-0.2, 0) is 4.79 Å². The van der Waals surface area contributed by atoms with Gasteiger partial charge in [0.05, 0.1) is 6.61 Å². The molecular formula is C8H11NO2S. The normalized spacial score (nSPS) is 23.9. The number of hydrogen-bond donors (Lipinski definition) is 1. The van der Waals surface area contributed by atoms with Crippen molar-refractivity contribution >= 4 is 23.1 Å². The van der Waals surface area contributed by atoms with Crippen molar-refractivity contribution in [3.8, 4) is 0 Å². The number of aliphatic hydroxyl groups is 1. The zero-order valence-corrected chi connectivity index (χ0v) is 7.89. The maximum atomic E-state index is 10.4. The number of rotatable bonds is 2. The van der Waals surface area contributed by atoms with Gasteiger partial charge in [-0.1, -0.05) is 11.8 Å². The highest BCUT2D eigenvalue weighted by Crippen LogP contribution is 2.27. The average Bonchev–Trinajstić information content (AvgIpc) is 2.03. The maximum Gasteiger partial charge on any atom is 0.174 e. The van der Waals surface area contributed by atoms with E-state index in [0.717, 1.165) is 17.6 Å². The van der Waals surface area contributed by atoms with Gasteiger partial charge in [0.15, 0.2) is 6.29 Å². The number of aldehydes is 1. The van der Waals surface area contributed by atoms with Gasteiger partial charge in [-0.25, -0.2) is 4.99 Å². The fourth-order valence-corrected chi connectivity index (χ4v) is 2.10. The third-order valence-corrected chi connectivity index (χ3v) is 2.87. The Morgan fingerprint density at radius 1 is 1.75 bits per heavy atom. The van der Waals surface area contributed by atoms with E-state index in [4.69, 9.17) is 5.11 Å². The summed E-state index contributed by atoms with van der Waals surface area (Å²) in [6.07, 6.45) is 0.749. The molecule has 0 saturated carbocycles. The number of carbonyl (C=O) groups is 1. The summed E-state index contributed by atoms with van der Waals surface area (Å²) >= 11 is 1.39. The van der Waals surface area contributed by atoms with Gasteiger partial charge in [-0.15, -0.1) is 0 Å². The maximum absolute atomic E-state index is 10.4. The molecule has 1 aliphatic rings. The average molecular weight is 185 g/mol. The van der Waals surface area contributed by atoms with Crippen LogP contribution in [0.2, 0.25) is 0 Å². The summed E-state index contributed by atoms with van der Waals surface area (Å²) in [4.78, 5) is 14.4. The number of allylic oxidation sites excluding steroid dienone is 1. The van der Waals surface area contributed by atoms with Crippen molar-refractivity contribution in [3.05, 3.63) is 11.3 Å². The zero-order valence-electron chi connectivity index (χ0n) is 7.07. The Morgan fingerprint density at radius 3 is 2.83 bits per heavy atom. The van der Waals surface area contributed by atoms with Gasteiger partial charge in [0.25, 0.3) is 0 Å². The highest BCUT2D eigenvalue weighted by molar-refractivity contribution is 8.16. The number of aliphatic imine (C=N–C) groups is 1. The molecular weight excluding hydrogens is 174 g/mol. The first kappa shape index (κ1) is 9.48. The first-order valence-electron chi connectivity index (χ1n) is 3.70. The van der Waals surface area contributed by atoms with Crippen LogP contribution in [0.5, 0.6) is 0 Å². The number of hydrogen-bond acceptors (Lipinski definition) is 4. The molecule has 0 aromatic rings. The molecule has 1 aliphatic heterocycles. The van der Waals surface area contributed by atoms with Crippen molar-refractivity contribution < 1.29 is 9.90 Å². The lowest BCUT2D eigenvalue weighted by Crippen LogP contribution is -2.15. The minimum atomic E-state index is 0.0234. The predicted molar refractivity (Wildman–Crippen MR) is 50.3 cm³/mol. The molecule has 0 aromatic carbocycles. The van der Waals surface area contributed by atoms with Gasteiger partial charge in [-0.3, -0.25) is 4.79 Å². The fraction of sp³-hybridized carbons (Fsp3) is 0.500. The van der Waals surface area contributed by atoms with Crippen molar-refractivity contribution in [1.29, 1.82) is 0 Å². The number of nitrogens with zero attached hydrogens (tertiary/aromatic N) is 1. The van der Waals surface area contributed by atoms with Crippen LogP contribution in [0.25, 0.3) is 0 Å². The van der Waals surface area contributed by atoms with E-state index in [1.165, 1.54) is 11.8 Å². The third kappa shape index (κ3) is 1.76. The van der Waals surface area contributed by atoms with E-state index in [1.54, 1.807) is 0 Å². The van der Waals surface area contributed by atoms with Crippen LogP contribution < -0.4 is 0 Å². The second kappa shape index (κ2) is 3.87. The van der Waals surface area contributed by atoms with E-state index in [1.807, 2.05) is 13.8 Å². The van der Waals surface area contributed by atoms with E-state index in [-0.39, 0.29) is 11.9 Å². The summed E-state index contributed by atoms with van der Waals surface area (Å²) in [6.45, 7) is 3.79. The summed E-state index contributed by atoms with van der Waals surface area (Å²) in [7, 11) is 0. The Kier molecular flexibility index (Phi) is 3.05. The van der Waals surface area contributed by atoms with Gasteiger partial charge in [0, 0.05) is 10.9 Å². The lowest BCUT2D eigenvalue weighted by molar-refractivity contribution is -0.102. The van der Waals surface area contributed by atoms with Crippen LogP contribution in [0, 0.1) is 0 Å². The number of carbonyl (C=O) groups excluding carboxylic acids is 1. The molecule has 0 saturated heterocycles. The van der Waals surface area contributed by atoms with E-state index in [0.29, 0.717) is 5.04 Å². The van der Waals surface area contributed by atoms with E-state index in [2.05, 4.69) is 4.99 Å². The van der Waals surface area contributed by atoms with Gasteiger partial charge in [-0.05, 0) is 19.4 Å². The molecule has 3 nitrogen and oxygen atoms in total. The largest absolute Gasteiger partial charge is 0.392 e. The zero-order chi connectivity index (χ0) is 9.14. The SMILES string of the molecule is CC1=C(CO)C(C)SC(C=O)=N1. The molecule has 1 rings (SSSR count). The molecule has 66 valence electrons. The summed E-state index contributed by atoms with van der Waals surface area (Å²) in [5.74, 6) is 0. The highest BCUT2D eigenvalue weighted by atomic mass is 32.2. The molecule has 0 aliphatic carbocycles. The van der Waals surface area contributed by atoms with Crippen molar-refractivity contribution in [3.63, 3.8) is 0 Å². The van der Waals surface area contributed by atoms with Gasteiger partial charge in [0.2, 0.25) is 0 Å². The van der Waals surface area contributed by atoms with E-state index < -0.39 is 0 Å². The summed E-state index contributed by atoms with van der Waals surface area (Å²) < 4.78 is 0. The summed E-state index contributed by atoms with van der Waals surface area (Å²) in [6, 6.07) is 0. The molecule has 0 fully saturated rings. The van der Waals surface area contributed by atoms with Crippen LogP contribution in [-0.4, -0.2) is 28.3 Å². The molecule has 1 heterocycles. The number of thioether (sulfide) groups is 1. The molecule has 0 spiro atoms. The Labute approximate surface area is 75.6 Å². The van der Waals surface area contributed by atoms with Crippen LogP contribution >= 0.6 is 11.8 Å². The van der Waals surface area contributed by atoms with E-state index >= 15 is 0 Å². The smallest absolute Gasteiger partial charge is 0.174 e. The lowest BCUT2D eigenvalue weighted by atomic mass is 10.1. The van der Waals surface area contributed by atoms with Crippen molar-refractivity contribution in [2.24, 2.45) is 4.99 Å². The molecule has 4 heteroatoms. The minimum Gasteiger partial charge on any atom is -0.392 e. The van der Waals surface area contributed by atoms with Crippen LogP contribution in [0.4, 0.5) is 0 Å². The van der Waals surface area contributed by atoms with Gasteiger partial charge in [-0.2, -0.15) is 0 Å². The third-order valence-electron chi connectivity index (χ3n) is 1.80. The van der Waals surface area contributed by atoms with Crippen LogP contribution in [0.3, 0.4) is 0 Å². The topological polar surface area (TPSA) is 49.7 Å². The number of aliphatic hydroxyl groups excluding tert-OH is 1. The predicted octanol–water partition coefficient (Wildman–Crippen LogP) is 0.985. The Morgan fingerprint density at radius 2 is 2.42 bits per heavy atom. The molecule has 1 unspecified atom stereocenters. The van der Waals surface area contributed by atoms with E-state index in [9.17, 15) is 4.79 Å². The second-order valence-corrected chi connectivity index (χ2v) is 3.96. The lowest BCUT2D eigenvalue weighted by Gasteiger charge is -2.19. The van der Waals surface area contributed by atoms with Crippen LogP contribution in [0.15, 0.2) is 16.3 Å². The van der Waals surface area contributed by atoms with Gasteiger partial charge >= 0.3 is 0 Å².